The van der Waals surface area contributed by atoms with Crippen molar-refractivity contribution in [3.8, 4) is 0 Å². The van der Waals surface area contributed by atoms with Crippen molar-refractivity contribution in [3.63, 3.8) is 0 Å². The van der Waals surface area contributed by atoms with Crippen LogP contribution >= 0.6 is 15.9 Å². The van der Waals surface area contributed by atoms with Crippen LogP contribution in [0.1, 0.15) is 21.5 Å². The standard InChI is InChI=1S/C17H12BrNO2/c1-10-2-7-15-13(8-10)17(21)14(9-19-15)16(20)11-3-5-12(18)6-4-11/h2-9H,1H3,(H,19,21). The molecule has 0 amide bonds. The molecule has 0 fully saturated rings. The molecule has 104 valence electrons. The van der Waals surface area contributed by atoms with Gasteiger partial charge in [-0.2, -0.15) is 0 Å². The van der Waals surface area contributed by atoms with Gasteiger partial charge in [0, 0.05) is 27.1 Å². The predicted molar refractivity (Wildman–Crippen MR) is 86.9 cm³/mol. The summed E-state index contributed by atoms with van der Waals surface area (Å²) in [6.45, 7) is 1.92. The lowest BCUT2D eigenvalue weighted by Crippen LogP contribution is -2.16. The third kappa shape index (κ3) is 2.54. The van der Waals surface area contributed by atoms with Gasteiger partial charge < -0.3 is 4.98 Å². The summed E-state index contributed by atoms with van der Waals surface area (Å²) < 4.78 is 0.891. The lowest BCUT2D eigenvalue weighted by atomic mass is 10.0. The van der Waals surface area contributed by atoms with Crippen LogP contribution in [-0.4, -0.2) is 10.8 Å². The van der Waals surface area contributed by atoms with Gasteiger partial charge >= 0.3 is 0 Å². The average Bonchev–Trinajstić information content (AvgIpc) is 2.48. The number of hydrogen-bond acceptors (Lipinski definition) is 2. The van der Waals surface area contributed by atoms with E-state index in [-0.39, 0.29) is 16.8 Å². The number of aromatic nitrogens is 1. The maximum Gasteiger partial charge on any atom is 0.200 e. The van der Waals surface area contributed by atoms with Gasteiger partial charge in [0.05, 0.1) is 5.56 Å². The number of carbonyl (C=O) groups excluding carboxylic acids is 1. The fourth-order valence-electron chi connectivity index (χ4n) is 2.26. The summed E-state index contributed by atoms with van der Waals surface area (Å²) in [4.78, 5) is 28.0. The lowest BCUT2D eigenvalue weighted by Gasteiger charge is -2.04. The maximum absolute atomic E-state index is 12.5. The van der Waals surface area contributed by atoms with Crippen molar-refractivity contribution in [1.29, 1.82) is 0 Å². The summed E-state index contributed by atoms with van der Waals surface area (Å²) >= 11 is 3.33. The zero-order valence-electron chi connectivity index (χ0n) is 11.3. The molecule has 0 bridgehead atoms. The van der Waals surface area contributed by atoms with E-state index in [4.69, 9.17) is 0 Å². The monoisotopic (exact) mass is 341 g/mol. The molecule has 1 heterocycles. The number of pyridine rings is 1. The number of H-pyrrole nitrogens is 1. The molecule has 0 saturated carbocycles. The zero-order chi connectivity index (χ0) is 15.0. The first kappa shape index (κ1) is 13.8. The first-order chi connectivity index (χ1) is 10.1. The number of ketones is 1. The highest BCUT2D eigenvalue weighted by Gasteiger charge is 2.15. The molecule has 1 aromatic heterocycles. The Labute approximate surface area is 129 Å². The van der Waals surface area contributed by atoms with E-state index in [0.29, 0.717) is 10.9 Å². The van der Waals surface area contributed by atoms with E-state index >= 15 is 0 Å². The molecule has 0 aliphatic carbocycles. The number of aromatic amines is 1. The Balaban J connectivity index is 2.16. The largest absolute Gasteiger partial charge is 0.360 e. The molecule has 0 aliphatic heterocycles. The molecule has 0 spiro atoms. The second-order valence-corrected chi connectivity index (χ2v) is 5.83. The molecule has 3 rings (SSSR count). The molecule has 1 N–H and O–H groups in total. The van der Waals surface area contributed by atoms with Gasteiger partial charge in [-0.1, -0.05) is 27.6 Å². The van der Waals surface area contributed by atoms with E-state index in [2.05, 4.69) is 20.9 Å². The molecular weight excluding hydrogens is 330 g/mol. The van der Waals surface area contributed by atoms with E-state index in [9.17, 15) is 9.59 Å². The Morgan fingerprint density at radius 1 is 1.10 bits per heavy atom. The van der Waals surface area contributed by atoms with Crippen molar-refractivity contribution in [2.24, 2.45) is 0 Å². The molecule has 0 saturated heterocycles. The quantitative estimate of drug-likeness (QED) is 0.720. The smallest absolute Gasteiger partial charge is 0.200 e. The van der Waals surface area contributed by atoms with E-state index in [1.165, 1.54) is 6.20 Å². The highest BCUT2D eigenvalue weighted by atomic mass is 79.9. The average molecular weight is 342 g/mol. The summed E-state index contributed by atoms with van der Waals surface area (Å²) in [5.41, 5.74) is 2.14. The molecular formula is C17H12BrNO2. The van der Waals surface area contributed by atoms with Crippen LogP contribution in [0, 0.1) is 6.92 Å². The Hall–Kier alpha value is -2.20. The van der Waals surface area contributed by atoms with Gasteiger partial charge in [0.1, 0.15) is 0 Å². The van der Waals surface area contributed by atoms with Gasteiger partial charge in [0.15, 0.2) is 5.78 Å². The van der Waals surface area contributed by atoms with Crippen LogP contribution in [0.5, 0.6) is 0 Å². The summed E-state index contributed by atoms with van der Waals surface area (Å²) in [7, 11) is 0. The van der Waals surface area contributed by atoms with E-state index in [0.717, 1.165) is 15.6 Å². The Morgan fingerprint density at radius 3 is 2.52 bits per heavy atom. The topological polar surface area (TPSA) is 49.9 Å². The highest BCUT2D eigenvalue weighted by Crippen LogP contribution is 2.15. The first-order valence-electron chi connectivity index (χ1n) is 6.48. The van der Waals surface area contributed by atoms with Crippen molar-refractivity contribution in [3.05, 3.63) is 80.0 Å². The molecule has 0 atom stereocenters. The van der Waals surface area contributed by atoms with Gasteiger partial charge in [-0.25, -0.2) is 0 Å². The minimum Gasteiger partial charge on any atom is -0.360 e. The number of carbonyl (C=O) groups is 1. The minimum atomic E-state index is -0.271. The van der Waals surface area contributed by atoms with Crippen molar-refractivity contribution in [1.82, 2.24) is 4.98 Å². The number of nitrogens with one attached hydrogen (secondary N) is 1. The molecule has 0 unspecified atom stereocenters. The summed E-state index contributed by atoms with van der Waals surface area (Å²) in [5, 5.41) is 0.540. The van der Waals surface area contributed by atoms with Crippen LogP contribution in [0.15, 0.2) is 57.9 Å². The van der Waals surface area contributed by atoms with Crippen LogP contribution in [0.2, 0.25) is 0 Å². The van der Waals surface area contributed by atoms with Crippen molar-refractivity contribution < 1.29 is 4.79 Å². The van der Waals surface area contributed by atoms with Crippen molar-refractivity contribution in [2.75, 3.05) is 0 Å². The van der Waals surface area contributed by atoms with E-state index in [1.54, 1.807) is 30.3 Å². The Morgan fingerprint density at radius 2 is 1.81 bits per heavy atom. The van der Waals surface area contributed by atoms with Gasteiger partial charge in [0.25, 0.3) is 0 Å². The van der Waals surface area contributed by atoms with Crippen LogP contribution in [0.25, 0.3) is 10.9 Å². The van der Waals surface area contributed by atoms with Gasteiger partial charge in [0.2, 0.25) is 5.43 Å². The van der Waals surface area contributed by atoms with Crippen molar-refractivity contribution in [2.45, 2.75) is 6.92 Å². The third-order valence-corrected chi connectivity index (χ3v) is 3.92. The molecule has 4 heteroatoms. The highest BCUT2D eigenvalue weighted by molar-refractivity contribution is 9.10. The first-order valence-corrected chi connectivity index (χ1v) is 7.28. The number of hydrogen-bond donors (Lipinski definition) is 1. The number of rotatable bonds is 2. The normalized spacial score (nSPS) is 10.8. The molecule has 0 radical (unpaired) electrons. The van der Waals surface area contributed by atoms with E-state index < -0.39 is 0 Å². The van der Waals surface area contributed by atoms with Gasteiger partial charge in [-0.05, 0) is 43.3 Å². The summed E-state index contributed by atoms with van der Waals surface area (Å²) in [6, 6.07) is 12.5. The second-order valence-electron chi connectivity index (χ2n) is 4.92. The fourth-order valence-corrected chi connectivity index (χ4v) is 2.52. The second kappa shape index (κ2) is 5.30. The van der Waals surface area contributed by atoms with Gasteiger partial charge in [-0.3, -0.25) is 9.59 Å². The number of aryl methyl sites for hydroxylation is 1. The molecule has 3 aromatic rings. The molecule has 3 nitrogen and oxygen atoms in total. The number of halogens is 1. The van der Waals surface area contributed by atoms with Crippen molar-refractivity contribution >= 4 is 32.6 Å². The minimum absolute atomic E-state index is 0.162. The molecule has 2 aromatic carbocycles. The summed E-state index contributed by atoms with van der Waals surface area (Å²) in [6.07, 6.45) is 1.49. The maximum atomic E-state index is 12.5. The van der Waals surface area contributed by atoms with Crippen LogP contribution in [0.4, 0.5) is 0 Å². The Bertz CT molecular complexity index is 895. The van der Waals surface area contributed by atoms with E-state index in [1.807, 2.05) is 19.1 Å². The van der Waals surface area contributed by atoms with Crippen LogP contribution in [-0.2, 0) is 0 Å². The van der Waals surface area contributed by atoms with Gasteiger partial charge in [-0.15, -0.1) is 0 Å². The predicted octanol–water partition coefficient (Wildman–Crippen LogP) is 3.83. The third-order valence-electron chi connectivity index (χ3n) is 3.39. The number of fused-ring (bicyclic) bond motifs is 1. The molecule has 0 aliphatic rings. The summed E-state index contributed by atoms with van der Waals surface area (Å²) in [5.74, 6) is -0.271. The molecule has 21 heavy (non-hydrogen) atoms. The van der Waals surface area contributed by atoms with Crippen LogP contribution in [0.3, 0.4) is 0 Å². The Kier molecular flexibility index (Phi) is 3.47. The number of benzene rings is 2. The zero-order valence-corrected chi connectivity index (χ0v) is 12.9. The fraction of sp³-hybridized carbons (Fsp3) is 0.0588. The lowest BCUT2D eigenvalue weighted by molar-refractivity contribution is 0.103. The van der Waals surface area contributed by atoms with Crippen LogP contribution < -0.4 is 5.43 Å². The SMILES string of the molecule is Cc1ccc2[nH]cc(C(=O)c3ccc(Br)cc3)c(=O)c2c1.